The highest BCUT2D eigenvalue weighted by molar-refractivity contribution is 7.71. The van der Waals surface area contributed by atoms with Crippen LogP contribution in [-0.4, -0.2) is 53.0 Å². The molecule has 0 spiro atoms. The first-order valence-electron chi connectivity index (χ1n) is 7.52. The third-order valence-corrected chi connectivity index (χ3v) is 7.70. The summed E-state index contributed by atoms with van der Waals surface area (Å²) in [5, 5.41) is 10.0. The fourth-order valence-electron chi connectivity index (χ4n) is 2.31. The zero-order valence-corrected chi connectivity index (χ0v) is 17.9. The number of nitrogens with one attached hydrogen (secondary N) is 1. The van der Waals surface area contributed by atoms with Gasteiger partial charge in [-0.05, 0) is 6.92 Å². The van der Waals surface area contributed by atoms with E-state index in [1.165, 1.54) is 6.20 Å². The van der Waals surface area contributed by atoms with Crippen LogP contribution in [0.5, 0.6) is 0 Å². The predicted octanol–water partition coefficient (Wildman–Crippen LogP) is 0.206. The highest BCUT2D eigenvalue weighted by Crippen LogP contribution is 2.66. The fraction of sp³-hybridized carbons (Fsp3) is 0.600. The van der Waals surface area contributed by atoms with Crippen molar-refractivity contribution in [2.75, 3.05) is 6.61 Å². The Balaban J connectivity index is 2.03. The van der Waals surface area contributed by atoms with Gasteiger partial charge in [0.1, 0.15) is 17.0 Å². The number of aromatic nitrogens is 2. The SMILES string of the molecule is Cc1cn([C@H]2C[C@H](O)[C@@H](COP(=O)(O)OP(=O)(O)OP(=O)(O)O)O2)c(=O)[nH]c1=S. The van der Waals surface area contributed by atoms with Crippen molar-refractivity contribution in [1.82, 2.24) is 9.55 Å². The van der Waals surface area contributed by atoms with Gasteiger partial charge in [-0.2, -0.15) is 8.62 Å². The summed E-state index contributed by atoms with van der Waals surface area (Å²) in [7, 11) is -16.5. The van der Waals surface area contributed by atoms with Crippen molar-refractivity contribution in [3.63, 3.8) is 0 Å². The Hall–Kier alpha value is -0.570. The molecular formula is C10H17N2O13P3S. The number of ether oxygens (including phenoxy) is 1. The van der Waals surface area contributed by atoms with Gasteiger partial charge in [-0.25, -0.2) is 18.5 Å². The van der Waals surface area contributed by atoms with Crippen LogP contribution in [0.3, 0.4) is 0 Å². The molecule has 0 bridgehead atoms. The quantitative estimate of drug-likeness (QED) is 0.208. The Labute approximate surface area is 167 Å². The van der Waals surface area contributed by atoms with Crippen LogP contribution in [0, 0.1) is 11.6 Å². The Kier molecular flexibility index (Phi) is 7.57. The molecule has 0 saturated carbocycles. The maximum absolute atomic E-state index is 12.0. The minimum Gasteiger partial charge on any atom is -0.390 e. The van der Waals surface area contributed by atoms with Crippen molar-refractivity contribution < 1.29 is 56.3 Å². The molecule has 0 aromatic carbocycles. The summed E-state index contributed by atoms with van der Waals surface area (Å²) in [5.41, 5.74) is -0.0688. The molecule has 15 nitrogen and oxygen atoms in total. The molecule has 2 rings (SSSR count). The van der Waals surface area contributed by atoms with Crippen LogP contribution in [0.4, 0.5) is 0 Å². The van der Waals surface area contributed by atoms with Gasteiger partial charge in [0.15, 0.2) is 0 Å². The maximum atomic E-state index is 12.0. The van der Waals surface area contributed by atoms with Crippen molar-refractivity contribution in [3.8, 4) is 0 Å². The summed E-state index contributed by atoms with van der Waals surface area (Å²) in [4.78, 5) is 49.8. The molecule has 1 aliphatic rings. The number of rotatable bonds is 8. The lowest BCUT2D eigenvalue weighted by molar-refractivity contribution is -0.0450. The van der Waals surface area contributed by atoms with Crippen molar-refractivity contribution in [3.05, 3.63) is 26.9 Å². The van der Waals surface area contributed by atoms with Crippen molar-refractivity contribution in [1.29, 1.82) is 0 Å². The number of H-pyrrole nitrogens is 1. The van der Waals surface area contributed by atoms with E-state index in [1.807, 2.05) is 0 Å². The van der Waals surface area contributed by atoms with E-state index in [4.69, 9.17) is 31.6 Å². The average Bonchev–Trinajstić information content (AvgIpc) is 2.86. The predicted molar refractivity (Wildman–Crippen MR) is 95.0 cm³/mol. The van der Waals surface area contributed by atoms with Gasteiger partial charge in [-0.15, -0.1) is 0 Å². The molecule has 2 heterocycles. The zero-order valence-electron chi connectivity index (χ0n) is 14.4. The molecule has 1 aliphatic heterocycles. The lowest BCUT2D eigenvalue weighted by atomic mass is 10.2. The monoisotopic (exact) mass is 498 g/mol. The number of aromatic amines is 1. The highest BCUT2D eigenvalue weighted by atomic mass is 32.1. The van der Waals surface area contributed by atoms with E-state index in [1.54, 1.807) is 6.92 Å². The number of hydrogen-bond donors (Lipinski definition) is 6. The molecule has 166 valence electrons. The number of aryl methyl sites for hydroxylation is 1. The second-order valence-corrected chi connectivity index (χ2v) is 10.6. The highest BCUT2D eigenvalue weighted by Gasteiger charge is 2.42. The van der Waals surface area contributed by atoms with Gasteiger partial charge in [0.2, 0.25) is 0 Å². The third-order valence-electron chi connectivity index (χ3n) is 3.48. The Morgan fingerprint density at radius 2 is 1.86 bits per heavy atom. The van der Waals surface area contributed by atoms with Crippen LogP contribution in [-0.2, 0) is 31.6 Å². The van der Waals surface area contributed by atoms with Gasteiger partial charge in [-0.1, -0.05) is 12.2 Å². The van der Waals surface area contributed by atoms with Gasteiger partial charge in [0.05, 0.1) is 12.7 Å². The molecule has 19 heteroatoms. The minimum absolute atomic E-state index is 0.103. The number of hydrogen-bond acceptors (Lipinski definition) is 10. The smallest absolute Gasteiger partial charge is 0.390 e. The summed E-state index contributed by atoms with van der Waals surface area (Å²) in [5.74, 6) is 0. The summed E-state index contributed by atoms with van der Waals surface area (Å²) in [6.45, 7) is 0.797. The van der Waals surface area contributed by atoms with E-state index < -0.39 is 54.2 Å². The van der Waals surface area contributed by atoms with Crippen LogP contribution in [0.2, 0.25) is 0 Å². The first kappa shape index (κ1) is 24.7. The van der Waals surface area contributed by atoms with Gasteiger partial charge in [0, 0.05) is 18.2 Å². The standard InChI is InChI=1S/C10H17N2O13P3S/c1-5-3-12(10(14)11-9(5)29)8-2-6(13)7(23-8)4-22-27(18,19)25-28(20,21)24-26(15,16)17/h3,6-8,13H,2,4H2,1H3,(H,18,19)(H,20,21)(H,11,14,29)(H2,15,16,17)/t6-,7+,8+/m0/s1. The number of aliphatic hydroxyl groups excluding tert-OH is 1. The molecule has 1 aromatic heterocycles. The molecule has 2 unspecified atom stereocenters. The van der Waals surface area contributed by atoms with Crippen LogP contribution in [0.1, 0.15) is 18.2 Å². The van der Waals surface area contributed by atoms with E-state index >= 15 is 0 Å². The van der Waals surface area contributed by atoms with Gasteiger partial charge in [-0.3, -0.25) is 14.1 Å². The van der Waals surface area contributed by atoms with Crippen LogP contribution in [0.15, 0.2) is 11.0 Å². The molecule has 29 heavy (non-hydrogen) atoms. The maximum Gasteiger partial charge on any atom is 0.490 e. The lowest BCUT2D eigenvalue weighted by Gasteiger charge is -2.19. The van der Waals surface area contributed by atoms with E-state index in [-0.39, 0.29) is 11.1 Å². The van der Waals surface area contributed by atoms with E-state index in [0.717, 1.165) is 4.57 Å². The Morgan fingerprint density at radius 3 is 2.45 bits per heavy atom. The molecule has 1 fully saturated rings. The zero-order chi connectivity index (χ0) is 22.2. The molecule has 0 radical (unpaired) electrons. The summed E-state index contributed by atoms with van der Waals surface area (Å²) in [6, 6.07) is 0. The first-order valence-corrected chi connectivity index (χ1v) is 12.5. The largest absolute Gasteiger partial charge is 0.490 e. The number of aliphatic hydroxyl groups is 1. The van der Waals surface area contributed by atoms with Crippen molar-refractivity contribution in [2.45, 2.75) is 31.8 Å². The van der Waals surface area contributed by atoms with E-state index in [0.29, 0.717) is 5.56 Å². The average molecular weight is 498 g/mol. The third kappa shape index (κ3) is 7.26. The van der Waals surface area contributed by atoms with Gasteiger partial charge < -0.3 is 29.4 Å². The molecule has 0 amide bonds. The summed E-state index contributed by atoms with van der Waals surface area (Å²) >= 11 is 4.93. The van der Waals surface area contributed by atoms with E-state index in [9.17, 15) is 28.5 Å². The lowest BCUT2D eigenvalue weighted by Crippen LogP contribution is -2.28. The number of phosphoric acid groups is 3. The number of phosphoric ester groups is 1. The van der Waals surface area contributed by atoms with E-state index in [2.05, 4.69) is 18.1 Å². The fourth-order valence-corrected chi connectivity index (χ4v) is 5.48. The second kappa shape index (κ2) is 8.89. The minimum atomic E-state index is -5.65. The molecule has 1 saturated heterocycles. The van der Waals surface area contributed by atoms with Crippen molar-refractivity contribution >= 4 is 35.7 Å². The summed E-state index contributed by atoms with van der Waals surface area (Å²) in [6.07, 6.45) is -2.20. The molecule has 0 aliphatic carbocycles. The molecular weight excluding hydrogens is 481 g/mol. The topological polar surface area (TPSA) is 227 Å². The number of nitrogens with zero attached hydrogens (tertiary/aromatic N) is 1. The van der Waals surface area contributed by atoms with Gasteiger partial charge in [0.25, 0.3) is 0 Å². The molecule has 5 atom stereocenters. The Morgan fingerprint density at radius 1 is 1.24 bits per heavy atom. The van der Waals surface area contributed by atoms with Crippen LogP contribution >= 0.6 is 35.7 Å². The Bertz CT molecular complexity index is 1020. The normalized spacial score (nSPS) is 26.8. The van der Waals surface area contributed by atoms with Gasteiger partial charge >= 0.3 is 29.2 Å². The molecule has 6 N–H and O–H groups in total. The first-order chi connectivity index (χ1) is 13.1. The second-order valence-electron chi connectivity index (χ2n) is 5.80. The van der Waals surface area contributed by atoms with Crippen LogP contribution in [0.25, 0.3) is 0 Å². The van der Waals surface area contributed by atoms with Crippen molar-refractivity contribution in [2.24, 2.45) is 0 Å². The van der Waals surface area contributed by atoms with Crippen LogP contribution < -0.4 is 5.69 Å². The summed E-state index contributed by atoms with van der Waals surface area (Å²) < 4.78 is 51.8. The molecule has 1 aromatic rings.